The molecule has 25 heavy (non-hydrogen) atoms. The lowest BCUT2D eigenvalue weighted by molar-refractivity contribution is 0.00708. The van der Waals surface area contributed by atoms with Crippen LogP contribution in [0.15, 0.2) is 28.8 Å². The van der Waals surface area contributed by atoms with Crippen LogP contribution in [-0.2, 0) is 11.3 Å². The topological polar surface area (TPSA) is 72.5 Å². The number of rotatable bonds is 5. The molecule has 1 N–H and O–H groups in total. The highest BCUT2D eigenvalue weighted by molar-refractivity contribution is 5.88. The molecule has 3 heterocycles. The fourth-order valence-electron chi connectivity index (χ4n) is 2.84. The molecule has 2 aromatic heterocycles. The van der Waals surface area contributed by atoms with E-state index in [0.717, 1.165) is 24.5 Å². The number of ether oxygens (including phenoxy) is 1. The predicted octanol–water partition coefficient (Wildman–Crippen LogP) is 3.44. The van der Waals surface area contributed by atoms with E-state index in [1.807, 2.05) is 36.0 Å². The van der Waals surface area contributed by atoms with Gasteiger partial charge in [-0.25, -0.2) is 4.79 Å². The molecule has 1 aliphatic heterocycles. The summed E-state index contributed by atoms with van der Waals surface area (Å²) in [5.41, 5.74) is 0. The summed E-state index contributed by atoms with van der Waals surface area (Å²) in [6, 6.07) is 5.22. The molecule has 0 unspecified atom stereocenters. The van der Waals surface area contributed by atoms with Crippen LogP contribution in [0.1, 0.15) is 37.8 Å². The van der Waals surface area contributed by atoms with Gasteiger partial charge in [-0.1, -0.05) is 13.8 Å². The molecule has 0 radical (unpaired) electrons. The first kappa shape index (κ1) is 17.5. The largest absolute Gasteiger partial charge is 0.464 e. The Hall–Kier alpha value is -2.28. The van der Waals surface area contributed by atoms with E-state index in [1.165, 1.54) is 0 Å². The van der Waals surface area contributed by atoms with Gasteiger partial charge in [0, 0.05) is 25.4 Å². The zero-order valence-corrected chi connectivity index (χ0v) is 15.1. The summed E-state index contributed by atoms with van der Waals surface area (Å²) in [5.74, 6) is 2.75. The standard InChI is InChI=1S/C18H26N4O3/c1-13(2)6-8-21-9-7-17(20-21)19-18(23)22-10-11-24-12-15(22)16-5-4-14(3)25-16/h4-5,7,9,13,15H,6,8,10-12H2,1-3H3,(H,19,20,23)/t15-/m0/s1. The third-order valence-corrected chi connectivity index (χ3v) is 4.29. The monoisotopic (exact) mass is 346 g/mol. The van der Waals surface area contributed by atoms with E-state index in [1.54, 1.807) is 4.90 Å². The highest BCUT2D eigenvalue weighted by atomic mass is 16.5. The van der Waals surface area contributed by atoms with Crippen molar-refractivity contribution in [3.05, 3.63) is 35.9 Å². The minimum atomic E-state index is -0.217. The molecule has 0 spiro atoms. The second-order valence-electron chi connectivity index (χ2n) is 6.81. The van der Waals surface area contributed by atoms with Crippen LogP contribution < -0.4 is 5.32 Å². The zero-order valence-electron chi connectivity index (χ0n) is 15.1. The van der Waals surface area contributed by atoms with Crippen molar-refractivity contribution in [3.8, 4) is 0 Å². The number of nitrogens with zero attached hydrogens (tertiary/aromatic N) is 3. The van der Waals surface area contributed by atoms with Crippen LogP contribution in [0, 0.1) is 12.8 Å². The number of anilines is 1. The van der Waals surface area contributed by atoms with Gasteiger partial charge in [-0.05, 0) is 31.4 Å². The molecule has 136 valence electrons. The van der Waals surface area contributed by atoms with Crippen molar-refractivity contribution in [2.75, 3.05) is 25.1 Å². The Kier molecular flexibility index (Phi) is 5.43. The van der Waals surface area contributed by atoms with Crippen molar-refractivity contribution in [2.45, 2.75) is 39.8 Å². The molecule has 7 nitrogen and oxygen atoms in total. The Labute approximate surface area is 147 Å². The van der Waals surface area contributed by atoms with E-state index in [0.29, 0.717) is 31.5 Å². The molecule has 0 saturated carbocycles. The van der Waals surface area contributed by atoms with Crippen LogP contribution in [0.4, 0.5) is 10.6 Å². The summed E-state index contributed by atoms with van der Waals surface area (Å²) in [7, 11) is 0. The van der Waals surface area contributed by atoms with E-state index in [9.17, 15) is 4.79 Å². The van der Waals surface area contributed by atoms with Gasteiger partial charge < -0.3 is 14.1 Å². The summed E-state index contributed by atoms with van der Waals surface area (Å²) in [6.45, 7) is 8.57. The van der Waals surface area contributed by atoms with Crippen molar-refractivity contribution in [3.63, 3.8) is 0 Å². The molecule has 2 aromatic rings. The van der Waals surface area contributed by atoms with Crippen molar-refractivity contribution < 1.29 is 13.9 Å². The molecule has 2 amide bonds. The maximum absolute atomic E-state index is 12.7. The molecular weight excluding hydrogens is 320 g/mol. The Morgan fingerprint density at radius 2 is 2.24 bits per heavy atom. The number of carbonyl (C=O) groups is 1. The maximum Gasteiger partial charge on any atom is 0.323 e. The maximum atomic E-state index is 12.7. The van der Waals surface area contributed by atoms with Crippen molar-refractivity contribution in [1.82, 2.24) is 14.7 Å². The Morgan fingerprint density at radius 3 is 2.96 bits per heavy atom. The molecule has 1 saturated heterocycles. The van der Waals surface area contributed by atoms with Gasteiger partial charge in [0.15, 0.2) is 5.82 Å². The third-order valence-electron chi connectivity index (χ3n) is 4.29. The number of hydrogen-bond donors (Lipinski definition) is 1. The van der Waals surface area contributed by atoms with Crippen LogP contribution in [-0.4, -0.2) is 40.5 Å². The molecule has 0 aromatic carbocycles. The zero-order chi connectivity index (χ0) is 17.8. The minimum absolute atomic E-state index is 0.184. The van der Waals surface area contributed by atoms with Gasteiger partial charge in [0.25, 0.3) is 0 Å². The quantitative estimate of drug-likeness (QED) is 0.900. The predicted molar refractivity (Wildman–Crippen MR) is 94.4 cm³/mol. The summed E-state index contributed by atoms with van der Waals surface area (Å²) in [6.07, 6.45) is 2.95. The average Bonchev–Trinajstić information content (AvgIpc) is 3.22. The van der Waals surface area contributed by atoms with E-state index < -0.39 is 0 Å². The minimum Gasteiger partial charge on any atom is -0.464 e. The smallest absolute Gasteiger partial charge is 0.323 e. The van der Waals surface area contributed by atoms with E-state index >= 15 is 0 Å². The highest BCUT2D eigenvalue weighted by Crippen LogP contribution is 2.26. The van der Waals surface area contributed by atoms with Gasteiger partial charge in [0.2, 0.25) is 0 Å². The second-order valence-corrected chi connectivity index (χ2v) is 6.81. The number of aromatic nitrogens is 2. The number of morpholine rings is 1. The fourth-order valence-corrected chi connectivity index (χ4v) is 2.84. The van der Waals surface area contributed by atoms with Crippen LogP contribution in [0.5, 0.6) is 0 Å². The molecule has 0 bridgehead atoms. The Morgan fingerprint density at radius 1 is 1.40 bits per heavy atom. The van der Waals surface area contributed by atoms with Crippen molar-refractivity contribution >= 4 is 11.8 Å². The van der Waals surface area contributed by atoms with Gasteiger partial charge in [0.1, 0.15) is 17.6 Å². The fraction of sp³-hybridized carbons (Fsp3) is 0.556. The number of urea groups is 1. The van der Waals surface area contributed by atoms with Gasteiger partial charge >= 0.3 is 6.03 Å². The van der Waals surface area contributed by atoms with Gasteiger partial charge in [-0.15, -0.1) is 0 Å². The number of nitrogens with one attached hydrogen (secondary N) is 1. The number of hydrogen-bond acceptors (Lipinski definition) is 4. The normalized spacial score (nSPS) is 17.9. The Balaban J connectivity index is 1.64. The first-order valence-corrected chi connectivity index (χ1v) is 8.78. The summed E-state index contributed by atoms with van der Waals surface area (Å²) < 4.78 is 13.1. The molecule has 3 rings (SSSR count). The number of furan rings is 1. The lowest BCUT2D eigenvalue weighted by Gasteiger charge is -2.34. The summed E-state index contributed by atoms with van der Waals surface area (Å²) in [5, 5.41) is 7.31. The number of carbonyl (C=O) groups excluding carboxylic acids is 1. The molecule has 1 aliphatic rings. The molecule has 7 heteroatoms. The molecule has 0 aliphatic carbocycles. The van der Waals surface area contributed by atoms with Crippen molar-refractivity contribution in [1.29, 1.82) is 0 Å². The van der Waals surface area contributed by atoms with Crippen LogP contribution >= 0.6 is 0 Å². The second kappa shape index (κ2) is 7.74. The number of amides is 2. The highest BCUT2D eigenvalue weighted by Gasteiger charge is 2.31. The first-order valence-electron chi connectivity index (χ1n) is 8.78. The Bertz CT molecular complexity index is 707. The summed E-state index contributed by atoms with van der Waals surface area (Å²) in [4.78, 5) is 14.4. The number of aryl methyl sites for hydroxylation is 2. The van der Waals surface area contributed by atoms with E-state index in [4.69, 9.17) is 9.15 Å². The molecular formula is C18H26N4O3. The van der Waals surface area contributed by atoms with Crippen LogP contribution in [0.3, 0.4) is 0 Å². The SMILES string of the molecule is Cc1ccc([C@@H]2COCCN2C(=O)Nc2ccn(CCC(C)C)n2)o1. The summed E-state index contributed by atoms with van der Waals surface area (Å²) >= 11 is 0. The lowest BCUT2D eigenvalue weighted by atomic mass is 10.1. The third kappa shape index (κ3) is 4.42. The van der Waals surface area contributed by atoms with Gasteiger partial charge in [-0.3, -0.25) is 10.00 Å². The lowest BCUT2D eigenvalue weighted by Crippen LogP contribution is -2.45. The van der Waals surface area contributed by atoms with Crippen molar-refractivity contribution in [2.24, 2.45) is 5.92 Å². The molecule has 1 atom stereocenters. The van der Waals surface area contributed by atoms with E-state index in [-0.39, 0.29) is 12.1 Å². The van der Waals surface area contributed by atoms with Crippen LogP contribution in [0.25, 0.3) is 0 Å². The van der Waals surface area contributed by atoms with Crippen LogP contribution in [0.2, 0.25) is 0 Å². The average molecular weight is 346 g/mol. The van der Waals surface area contributed by atoms with Gasteiger partial charge in [0.05, 0.1) is 13.2 Å². The van der Waals surface area contributed by atoms with Gasteiger partial charge in [-0.2, -0.15) is 5.10 Å². The first-order chi connectivity index (χ1) is 12.0. The van der Waals surface area contributed by atoms with E-state index in [2.05, 4.69) is 24.3 Å². The molecule has 1 fully saturated rings.